The van der Waals surface area contributed by atoms with Crippen LogP contribution >= 0.6 is 0 Å². The highest BCUT2D eigenvalue weighted by Crippen LogP contribution is 2.24. The molecule has 0 bridgehead atoms. The molecule has 33 heavy (non-hydrogen) atoms. The SMILES string of the molecule is CC(C)(C)NS(=O)(=O)c1ccccc1CNC(=O)CCc1ncc(-c2ccc(F)cc2F)o1. The van der Waals surface area contributed by atoms with Crippen molar-refractivity contribution in [2.45, 2.75) is 50.6 Å². The Morgan fingerprint density at radius 1 is 1.12 bits per heavy atom. The molecule has 0 saturated heterocycles. The summed E-state index contributed by atoms with van der Waals surface area (Å²) in [7, 11) is -3.76. The molecule has 3 aromatic rings. The molecule has 3 rings (SSSR count). The number of hydrogen-bond acceptors (Lipinski definition) is 5. The zero-order chi connectivity index (χ0) is 24.2. The van der Waals surface area contributed by atoms with E-state index in [0.717, 1.165) is 12.1 Å². The van der Waals surface area contributed by atoms with Crippen molar-refractivity contribution in [3.05, 3.63) is 71.8 Å². The van der Waals surface area contributed by atoms with E-state index in [0.29, 0.717) is 5.56 Å². The smallest absolute Gasteiger partial charge is 0.241 e. The van der Waals surface area contributed by atoms with E-state index in [4.69, 9.17) is 4.42 Å². The summed E-state index contributed by atoms with van der Waals surface area (Å²) in [6, 6.07) is 9.55. The largest absolute Gasteiger partial charge is 0.441 e. The van der Waals surface area contributed by atoms with Gasteiger partial charge in [-0.15, -0.1) is 0 Å². The van der Waals surface area contributed by atoms with Crippen molar-refractivity contribution in [1.82, 2.24) is 15.0 Å². The Kier molecular flexibility index (Phi) is 7.28. The van der Waals surface area contributed by atoms with Crippen LogP contribution in [0.4, 0.5) is 8.78 Å². The predicted octanol–water partition coefficient (Wildman–Crippen LogP) is 3.95. The Morgan fingerprint density at radius 3 is 2.55 bits per heavy atom. The van der Waals surface area contributed by atoms with Crippen molar-refractivity contribution in [3.63, 3.8) is 0 Å². The molecule has 10 heteroatoms. The molecule has 0 radical (unpaired) electrons. The fourth-order valence-corrected chi connectivity index (χ4v) is 4.77. The fourth-order valence-electron chi connectivity index (χ4n) is 3.11. The van der Waals surface area contributed by atoms with E-state index >= 15 is 0 Å². The van der Waals surface area contributed by atoms with Gasteiger partial charge in [-0.2, -0.15) is 0 Å². The van der Waals surface area contributed by atoms with E-state index in [9.17, 15) is 22.0 Å². The zero-order valence-electron chi connectivity index (χ0n) is 18.5. The second-order valence-electron chi connectivity index (χ2n) is 8.48. The van der Waals surface area contributed by atoms with Gasteiger partial charge >= 0.3 is 0 Å². The molecular weight excluding hydrogens is 452 g/mol. The first-order valence-electron chi connectivity index (χ1n) is 10.2. The second-order valence-corrected chi connectivity index (χ2v) is 10.1. The highest BCUT2D eigenvalue weighted by atomic mass is 32.2. The average molecular weight is 478 g/mol. The number of aryl methyl sites for hydroxylation is 1. The van der Waals surface area contributed by atoms with Crippen LogP contribution in [0.2, 0.25) is 0 Å². The van der Waals surface area contributed by atoms with E-state index in [1.807, 2.05) is 0 Å². The van der Waals surface area contributed by atoms with Crippen LogP contribution in [0.3, 0.4) is 0 Å². The van der Waals surface area contributed by atoms with Gasteiger partial charge in [-0.3, -0.25) is 4.79 Å². The fraction of sp³-hybridized carbons (Fsp3) is 0.304. The van der Waals surface area contributed by atoms with E-state index < -0.39 is 27.2 Å². The van der Waals surface area contributed by atoms with Crippen molar-refractivity contribution in [1.29, 1.82) is 0 Å². The Bertz CT molecular complexity index is 1250. The minimum atomic E-state index is -3.76. The number of rotatable bonds is 8. The summed E-state index contributed by atoms with van der Waals surface area (Å²) >= 11 is 0. The second kappa shape index (κ2) is 9.80. The van der Waals surface area contributed by atoms with Crippen LogP contribution in [0.1, 0.15) is 38.6 Å². The molecule has 0 aliphatic rings. The minimum Gasteiger partial charge on any atom is -0.441 e. The monoisotopic (exact) mass is 477 g/mol. The first-order chi connectivity index (χ1) is 15.4. The van der Waals surface area contributed by atoms with Crippen LogP contribution in [0.15, 0.2) is 58.0 Å². The van der Waals surface area contributed by atoms with Gasteiger partial charge in [0, 0.05) is 31.0 Å². The molecule has 1 aromatic heterocycles. The van der Waals surface area contributed by atoms with Crippen LogP contribution in [0, 0.1) is 11.6 Å². The lowest BCUT2D eigenvalue weighted by Crippen LogP contribution is -2.41. The molecule has 0 atom stereocenters. The molecule has 0 fully saturated rings. The van der Waals surface area contributed by atoms with Crippen molar-refractivity contribution < 1.29 is 26.4 Å². The summed E-state index contributed by atoms with van der Waals surface area (Å²) < 4.78 is 60.4. The maximum absolute atomic E-state index is 13.9. The highest BCUT2D eigenvalue weighted by Gasteiger charge is 2.24. The average Bonchev–Trinajstić information content (AvgIpc) is 3.18. The van der Waals surface area contributed by atoms with Gasteiger partial charge < -0.3 is 9.73 Å². The molecule has 176 valence electrons. The summed E-state index contributed by atoms with van der Waals surface area (Å²) in [5, 5.41) is 2.70. The number of nitrogens with one attached hydrogen (secondary N) is 2. The molecule has 0 spiro atoms. The van der Waals surface area contributed by atoms with Gasteiger partial charge in [0.25, 0.3) is 0 Å². The molecule has 1 heterocycles. The van der Waals surface area contributed by atoms with Gasteiger partial charge in [-0.05, 0) is 44.5 Å². The van der Waals surface area contributed by atoms with E-state index in [1.54, 1.807) is 39.0 Å². The molecule has 2 N–H and O–H groups in total. The Balaban J connectivity index is 1.60. The Labute approximate surface area is 191 Å². The number of sulfonamides is 1. The number of carbonyl (C=O) groups excluding carboxylic acids is 1. The third kappa shape index (κ3) is 6.69. The van der Waals surface area contributed by atoms with Crippen LogP contribution in [0.25, 0.3) is 11.3 Å². The molecular formula is C23H25F2N3O4S. The molecule has 1 amide bonds. The number of halogens is 2. The minimum absolute atomic E-state index is 0.0255. The Morgan fingerprint density at radius 2 is 1.85 bits per heavy atom. The summed E-state index contributed by atoms with van der Waals surface area (Å²) in [5.41, 5.74) is -0.130. The molecule has 0 saturated carbocycles. The van der Waals surface area contributed by atoms with Gasteiger partial charge in [0.15, 0.2) is 11.7 Å². The summed E-state index contributed by atoms with van der Waals surface area (Å²) in [6.45, 7) is 5.26. The quantitative estimate of drug-likeness (QED) is 0.512. The van der Waals surface area contributed by atoms with Crippen LogP contribution in [-0.4, -0.2) is 24.8 Å². The van der Waals surface area contributed by atoms with Crippen molar-refractivity contribution in [2.75, 3.05) is 0 Å². The summed E-state index contributed by atoms with van der Waals surface area (Å²) in [6.07, 6.45) is 1.49. The van der Waals surface area contributed by atoms with Gasteiger partial charge in [-0.25, -0.2) is 26.9 Å². The molecule has 0 aliphatic heterocycles. The van der Waals surface area contributed by atoms with Gasteiger partial charge in [-0.1, -0.05) is 18.2 Å². The zero-order valence-corrected chi connectivity index (χ0v) is 19.3. The van der Waals surface area contributed by atoms with Gasteiger partial charge in [0.1, 0.15) is 11.6 Å². The predicted molar refractivity (Wildman–Crippen MR) is 119 cm³/mol. The normalized spacial score (nSPS) is 12.0. The van der Waals surface area contributed by atoms with Crippen LogP contribution < -0.4 is 10.0 Å². The molecule has 0 unspecified atom stereocenters. The number of benzene rings is 2. The highest BCUT2D eigenvalue weighted by molar-refractivity contribution is 7.89. The standard InChI is InChI=1S/C23H25F2N3O4S/c1-23(2,3)28-33(30,31)20-7-5-4-6-15(20)13-26-21(29)10-11-22-27-14-19(32-22)17-9-8-16(24)12-18(17)25/h4-9,12,14,28H,10-11,13H2,1-3H3,(H,26,29). The van der Waals surface area contributed by atoms with Crippen LogP contribution in [0.5, 0.6) is 0 Å². The Hall–Kier alpha value is -3.11. The van der Waals surface area contributed by atoms with E-state index in [1.165, 1.54) is 18.3 Å². The number of aromatic nitrogens is 1. The first kappa shape index (κ1) is 24.5. The number of carbonyl (C=O) groups is 1. The van der Waals surface area contributed by atoms with Crippen molar-refractivity contribution in [3.8, 4) is 11.3 Å². The third-order valence-corrected chi connectivity index (χ3v) is 6.35. The van der Waals surface area contributed by atoms with Crippen LogP contribution in [-0.2, 0) is 27.8 Å². The van der Waals surface area contributed by atoms with Gasteiger partial charge in [0.05, 0.1) is 16.7 Å². The first-order valence-corrected chi connectivity index (χ1v) is 11.7. The maximum Gasteiger partial charge on any atom is 0.241 e. The number of hydrogen-bond donors (Lipinski definition) is 2. The topological polar surface area (TPSA) is 101 Å². The third-order valence-electron chi connectivity index (χ3n) is 4.49. The molecule has 2 aromatic carbocycles. The van der Waals surface area contributed by atoms with Gasteiger partial charge in [0.2, 0.25) is 15.9 Å². The maximum atomic E-state index is 13.9. The lowest BCUT2D eigenvalue weighted by Gasteiger charge is -2.21. The summed E-state index contributed by atoms with van der Waals surface area (Å²) in [5.74, 6) is -1.45. The number of oxazole rings is 1. The molecule has 0 aliphatic carbocycles. The number of nitrogens with zero attached hydrogens (tertiary/aromatic N) is 1. The summed E-state index contributed by atoms with van der Waals surface area (Å²) in [4.78, 5) is 16.4. The lowest BCUT2D eigenvalue weighted by molar-refractivity contribution is -0.121. The van der Waals surface area contributed by atoms with E-state index in [-0.39, 0.29) is 47.4 Å². The van der Waals surface area contributed by atoms with E-state index in [2.05, 4.69) is 15.0 Å². The van der Waals surface area contributed by atoms with Crippen molar-refractivity contribution >= 4 is 15.9 Å². The lowest BCUT2D eigenvalue weighted by atomic mass is 10.1. The number of amides is 1. The van der Waals surface area contributed by atoms with Crippen molar-refractivity contribution in [2.24, 2.45) is 0 Å². The molecule has 7 nitrogen and oxygen atoms in total.